The largest absolute Gasteiger partial charge is 0.458 e. The highest BCUT2D eigenvalue weighted by atomic mass is 32.3. The van der Waals surface area contributed by atoms with Crippen molar-refractivity contribution in [2.75, 3.05) is 0 Å². The van der Waals surface area contributed by atoms with Crippen molar-refractivity contribution < 1.29 is 39.0 Å². The Hall–Kier alpha value is -0.400. The fourth-order valence-electron chi connectivity index (χ4n) is 1.52. The second-order valence-electron chi connectivity index (χ2n) is 4.36. The van der Waals surface area contributed by atoms with Gasteiger partial charge in [0.2, 0.25) is 0 Å². The zero-order valence-corrected chi connectivity index (χ0v) is 11.4. The highest BCUT2D eigenvalue weighted by molar-refractivity contribution is 8.23. The molecular formula is C7H4F6NO3S3-. The highest BCUT2D eigenvalue weighted by Crippen LogP contribution is 2.55. The molecule has 4 unspecified atom stereocenters. The molecular weight excluding hydrogens is 356 g/mol. The third-order valence-electron chi connectivity index (χ3n) is 2.95. The van der Waals surface area contributed by atoms with E-state index in [0.717, 1.165) is 4.13 Å². The smallest absolute Gasteiger partial charge is 0.354 e. The van der Waals surface area contributed by atoms with Crippen LogP contribution in [0.25, 0.3) is 0 Å². The molecule has 4 atom stereocenters. The first-order valence-corrected chi connectivity index (χ1v) is 9.18. The molecule has 1 N–H and O–H groups in total. The molecule has 3 heterocycles. The fourth-order valence-corrected chi connectivity index (χ4v) is 7.18. The summed E-state index contributed by atoms with van der Waals surface area (Å²) >= 11 is 0. The number of alkyl halides is 6. The van der Waals surface area contributed by atoms with E-state index in [1.54, 1.807) is 0 Å². The Kier molecular flexibility index (Phi) is 2.31. The molecule has 116 valence electrons. The highest BCUT2D eigenvalue weighted by Gasteiger charge is 2.78. The van der Waals surface area contributed by atoms with E-state index >= 15 is 0 Å². The van der Waals surface area contributed by atoms with Crippen molar-refractivity contribution in [2.45, 2.75) is 21.2 Å². The van der Waals surface area contributed by atoms with E-state index in [4.69, 9.17) is 0 Å². The Morgan fingerprint density at radius 2 is 1.50 bits per heavy atom. The molecule has 3 aliphatic heterocycles. The first-order chi connectivity index (χ1) is 8.75. The second-order valence-corrected chi connectivity index (χ2v) is 10.5. The molecule has 0 spiro atoms. The topological polar surface area (TPSA) is 63.2 Å². The summed E-state index contributed by atoms with van der Waals surface area (Å²) < 4.78 is 114. The van der Waals surface area contributed by atoms with Gasteiger partial charge in [0.1, 0.15) is 14.7 Å². The molecule has 0 saturated heterocycles. The number of nitrogens with one attached hydrogen (secondary N) is 1. The van der Waals surface area contributed by atoms with Crippen molar-refractivity contribution >= 4 is 45.9 Å². The number of hydrogen-bond donors (Lipinski definition) is 1. The normalized spacial score (nSPS) is 52.5. The van der Waals surface area contributed by atoms with Gasteiger partial charge in [-0.15, -0.1) is 0 Å². The molecule has 4 nitrogen and oxygen atoms in total. The standard InChI is InChI=1S/C7H4F6NO3S3/c8-4(1-18(4)15)7(12,13)5(9)2-19(5,16)14-20(17)3-6(20,10)11/h1-3H,(H,14,16,17)/q-1. The zero-order chi connectivity index (χ0) is 15.4. The van der Waals surface area contributed by atoms with Crippen molar-refractivity contribution in [2.24, 2.45) is 0 Å². The summed E-state index contributed by atoms with van der Waals surface area (Å²) in [5.41, 5.74) is 0. The van der Waals surface area contributed by atoms with E-state index in [0.29, 0.717) is 0 Å². The van der Waals surface area contributed by atoms with E-state index in [9.17, 15) is 39.0 Å². The minimum Gasteiger partial charge on any atom is -0.458 e. The number of rotatable bonds is 4. The maximum atomic E-state index is 13.9. The van der Waals surface area contributed by atoms with Crippen LogP contribution in [0.1, 0.15) is 0 Å². The minimum atomic E-state index is -4.99. The molecule has 0 aliphatic carbocycles. The van der Waals surface area contributed by atoms with Crippen LogP contribution in [0.2, 0.25) is 0 Å². The Labute approximate surface area is 110 Å². The third-order valence-corrected chi connectivity index (χ3v) is 9.14. The molecule has 0 saturated carbocycles. The van der Waals surface area contributed by atoms with Crippen molar-refractivity contribution in [1.29, 1.82) is 0 Å². The van der Waals surface area contributed by atoms with Crippen molar-refractivity contribution in [3.05, 3.63) is 0 Å². The maximum absolute atomic E-state index is 13.9. The summed E-state index contributed by atoms with van der Waals surface area (Å²) in [6, 6.07) is 0. The molecule has 3 rings (SSSR count). The van der Waals surface area contributed by atoms with Gasteiger partial charge in [0, 0.05) is 5.37 Å². The van der Waals surface area contributed by atoms with Crippen LogP contribution in [-0.4, -0.2) is 45.7 Å². The summed E-state index contributed by atoms with van der Waals surface area (Å²) in [5.74, 6) is -4.99. The third kappa shape index (κ3) is 1.41. The maximum Gasteiger partial charge on any atom is 0.354 e. The van der Waals surface area contributed by atoms with Gasteiger partial charge in [-0.2, -0.15) is 27.1 Å². The monoisotopic (exact) mass is 360 g/mol. The van der Waals surface area contributed by atoms with Crippen LogP contribution in [0.5, 0.6) is 0 Å². The average Bonchev–Trinajstić information content (AvgIpc) is 3.10. The summed E-state index contributed by atoms with van der Waals surface area (Å²) in [6.07, 6.45) is 0. The Balaban J connectivity index is 1.89. The van der Waals surface area contributed by atoms with Crippen LogP contribution in [-0.2, 0) is 34.0 Å². The Morgan fingerprint density at radius 1 is 1.05 bits per heavy atom. The SMILES string of the molecule is O=[S-]1=CC1(F)C(F)(F)C1(F)C=S1(=O)NS1(=O)=CC1(F)F. The summed E-state index contributed by atoms with van der Waals surface area (Å²) in [7, 11) is -11.8. The Bertz CT molecular complexity index is 857. The van der Waals surface area contributed by atoms with Gasteiger partial charge in [-0.05, 0) is 0 Å². The molecule has 20 heavy (non-hydrogen) atoms. The van der Waals surface area contributed by atoms with Crippen LogP contribution in [0.15, 0.2) is 0 Å². The molecule has 13 heteroatoms. The fraction of sp³-hybridized carbons (Fsp3) is 0.571. The predicted molar refractivity (Wildman–Crippen MR) is 63.2 cm³/mol. The van der Waals surface area contributed by atoms with Crippen LogP contribution in [0.4, 0.5) is 26.3 Å². The van der Waals surface area contributed by atoms with Crippen molar-refractivity contribution in [1.82, 2.24) is 4.13 Å². The molecule has 0 amide bonds. The van der Waals surface area contributed by atoms with Crippen molar-refractivity contribution in [3.63, 3.8) is 0 Å². The lowest BCUT2D eigenvalue weighted by Gasteiger charge is -2.29. The molecule has 0 aromatic carbocycles. The minimum absolute atomic E-state index is 0.00196. The van der Waals surface area contributed by atoms with Gasteiger partial charge in [0.15, 0.2) is 0 Å². The van der Waals surface area contributed by atoms with Crippen molar-refractivity contribution in [3.8, 4) is 0 Å². The molecule has 0 radical (unpaired) electrons. The van der Waals surface area contributed by atoms with Gasteiger partial charge < -0.3 is 4.21 Å². The lowest BCUT2D eigenvalue weighted by Crippen LogP contribution is -2.52. The van der Waals surface area contributed by atoms with E-state index in [2.05, 4.69) is 0 Å². The van der Waals surface area contributed by atoms with Gasteiger partial charge >= 0.3 is 11.2 Å². The Morgan fingerprint density at radius 3 is 1.85 bits per heavy atom. The quantitative estimate of drug-likeness (QED) is 0.434. The first kappa shape index (κ1) is 14.5. The van der Waals surface area contributed by atoms with E-state index in [1.807, 2.05) is 0 Å². The summed E-state index contributed by atoms with van der Waals surface area (Å²) in [6.45, 7) is 0. The van der Waals surface area contributed by atoms with Crippen LogP contribution in [0.3, 0.4) is 0 Å². The van der Waals surface area contributed by atoms with Gasteiger partial charge in [-0.3, -0.25) is 4.39 Å². The van der Waals surface area contributed by atoms with E-state index in [-0.39, 0.29) is 16.1 Å². The average molecular weight is 360 g/mol. The lowest BCUT2D eigenvalue weighted by atomic mass is 10.1. The summed E-state index contributed by atoms with van der Waals surface area (Å²) in [4.78, 5) is 0. The number of halogens is 6. The van der Waals surface area contributed by atoms with E-state index in [1.165, 1.54) is 0 Å². The van der Waals surface area contributed by atoms with Gasteiger partial charge in [-0.1, -0.05) is 0 Å². The number of hydrogen-bond acceptors (Lipinski definition) is 4. The molecule has 3 aliphatic rings. The summed E-state index contributed by atoms with van der Waals surface area (Å²) in [5, 5.41) is -12.2. The van der Waals surface area contributed by atoms with Gasteiger partial charge in [0.05, 0.1) is 15.1 Å². The second kappa shape index (κ2) is 3.17. The molecule has 0 aromatic rings. The predicted octanol–water partition coefficient (Wildman–Crippen LogP) is -0.0543. The van der Waals surface area contributed by atoms with Gasteiger partial charge in [0.25, 0.3) is 5.00 Å². The molecule has 0 fully saturated rings. The van der Waals surface area contributed by atoms with Gasteiger partial charge in [-0.25, -0.2) is 23.2 Å². The van der Waals surface area contributed by atoms with E-state index < -0.39 is 51.0 Å². The molecule has 0 bridgehead atoms. The lowest BCUT2D eigenvalue weighted by molar-refractivity contribution is -0.100. The van der Waals surface area contributed by atoms with Crippen LogP contribution in [0, 0.1) is 0 Å². The zero-order valence-electron chi connectivity index (χ0n) is 8.95. The van der Waals surface area contributed by atoms with Crippen LogP contribution < -0.4 is 4.13 Å². The van der Waals surface area contributed by atoms with Crippen LogP contribution >= 0.6 is 0 Å². The first-order valence-electron chi connectivity index (χ1n) is 4.73. The molecule has 0 aromatic heterocycles.